The third-order valence-corrected chi connectivity index (χ3v) is 3.55. The number of benzene rings is 1. The number of nitrogens with two attached hydrogens (primary N) is 1. The first-order chi connectivity index (χ1) is 8.18. The van der Waals surface area contributed by atoms with Gasteiger partial charge < -0.3 is 0 Å². The van der Waals surface area contributed by atoms with Gasteiger partial charge in [0, 0.05) is 12.6 Å². The first-order valence-electron chi connectivity index (χ1n) is 6.31. The summed E-state index contributed by atoms with van der Waals surface area (Å²) in [5.74, 6) is 5.98. The van der Waals surface area contributed by atoms with Crippen LogP contribution in [0.15, 0.2) is 24.3 Å². The molecule has 1 aliphatic rings. The van der Waals surface area contributed by atoms with E-state index < -0.39 is 0 Å². The lowest BCUT2D eigenvalue weighted by Gasteiger charge is -2.22. The number of rotatable bonds is 2. The highest BCUT2D eigenvalue weighted by atomic mass is 16.2. The molecule has 0 unspecified atom stereocenters. The highest BCUT2D eigenvalue weighted by Crippen LogP contribution is 2.32. The number of hydrazine groups is 1. The molecule has 1 aromatic rings. The van der Waals surface area contributed by atoms with E-state index in [1.165, 1.54) is 37.7 Å². The Labute approximate surface area is 103 Å². The van der Waals surface area contributed by atoms with Crippen LogP contribution in [0.4, 0.5) is 0 Å². The van der Waals surface area contributed by atoms with Crippen molar-refractivity contribution in [1.82, 2.24) is 5.01 Å². The Balaban J connectivity index is 2.09. The van der Waals surface area contributed by atoms with E-state index in [9.17, 15) is 4.79 Å². The fourth-order valence-corrected chi connectivity index (χ4v) is 2.54. The Kier molecular flexibility index (Phi) is 3.79. The molecule has 2 N–H and O–H groups in total. The van der Waals surface area contributed by atoms with E-state index in [1.807, 2.05) is 12.1 Å². The average Bonchev–Trinajstić information content (AvgIpc) is 2.39. The summed E-state index contributed by atoms with van der Waals surface area (Å²) in [5, 5.41) is 1.12. The van der Waals surface area contributed by atoms with Crippen LogP contribution in [0.5, 0.6) is 0 Å². The summed E-state index contributed by atoms with van der Waals surface area (Å²) in [7, 11) is 1.57. The number of carbonyl (C=O) groups excluding carboxylic acids is 1. The van der Waals surface area contributed by atoms with E-state index in [0.29, 0.717) is 11.5 Å². The number of hydrogen-bond donors (Lipinski definition) is 1. The standard InChI is InChI=1S/C14H20N2O/c1-16(15)14(17)13-9-7-12(8-10-13)11-5-3-2-4-6-11/h7-11H,2-6,15H2,1H3. The van der Waals surface area contributed by atoms with Gasteiger partial charge in [-0.2, -0.15) is 0 Å². The number of hydrogen-bond acceptors (Lipinski definition) is 2. The zero-order chi connectivity index (χ0) is 12.3. The molecule has 0 saturated heterocycles. The Hall–Kier alpha value is -1.35. The molecular weight excluding hydrogens is 212 g/mol. The zero-order valence-corrected chi connectivity index (χ0v) is 10.4. The fourth-order valence-electron chi connectivity index (χ4n) is 2.54. The van der Waals surface area contributed by atoms with E-state index in [-0.39, 0.29) is 5.91 Å². The summed E-state index contributed by atoms with van der Waals surface area (Å²) in [5.41, 5.74) is 2.02. The van der Waals surface area contributed by atoms with Gasteiger partial charge in [-0.15, -0.1) is 0 Å². The summed E-state index contributed by atoms with van der Waals surface area (Å²) in [6.07, 6.45) is 6.59. The summed E-state index contributed by atoms with van der Waals surface area (Å²) in [4.78, 5) is 11.6. The van der Waals surface area contributed by atoms with Crippen LogP contribution in [0.3, 0.4) is 0 Å². The highest BCUT2D eigenvalue weighted by Gasteiger charge is 2.16. The van der Waals surface area contributed by atoms with Crippen molar-refractivity contribution in [3.05, 3.63) is 35.4 Å². The molecule has 0 aromatic heterocycles. The van der Waals surface area contributed by atoms with Crippen LogP contribution < -0.4 is 5.84 Å². The predicted octanol–water partition coefficient (Wildman–Crippen LogP) is 2.68. The lowest BCUT2D eigenvalue weighted by Crippen LogP contribution is -2.33. The van der Waals surface area contributed by atoms with Crippen molar-refractivity contribution in [1.29, 1.82) is 0 Å². The van der Waals surface area contributed by atoms with E-state index in [4.69, 9.17) is 5.84 Å². The SMILES string of the molecule is CN(N)C(=O)c1ccc(C2CCCCC2)cc1. The molecule has 1 fully saturated rings. The lowest BCUT2D eigenvalue weighted by atomic mass is 9.84. The lowest BCUT2D eigenvalue weighted by molar-refractivity contribution is 0.0795. The van der Waals surface area contributed by atoms with Crippen molar-refractivity contribution in [2.45, 2.75) is 38.0 Å². The molecule has 0 bridgehead atoms. The Bertz CT molecular complexity index is 378. The summed E-state index contributed by atoms with van der Waals surface area (Å²) in [6.45, 7) is 0. The molecule has 0 aliphatic heterocycles. The minimum atomic E-state index is -0.139. The van der Waals surface area contributed by atoms with Crippen LogP contribution in [0.1, 0.15) is 53.9 Å². The molecule has 0 atom stereocenters. The average molecular weight is 232 g/mol. The van der Waals surface area contributed by atoms with Gasteiger partial charge in [-0.1, -0.05) is 31.4 Å². The maximum absolute atomic E-state index is 11.6. The molecule has 1 aromatic carbocycles. The van der Waals surface area contributed by atoms with E-state index >= 15 is 0 Å². The normalized spacial score (nSPS) is 16.8. The molecule has 92 valence electrons. The van der Waals surface area contributed by atoms with Gasteiger partial charge in [0.15, 0.2) is 0 Å². The van der Waals surface area contributed by atoms with Crippen LogP contribution in [0.2, 0.25) is 0 Å². The Morgan fingerprint density at radius 2 is 1.76 bits per heavy atom. The van der Waals surface area contributed by atoms with E-state index in [2.05, 4.69) is 12.1 Å². The van der Waals surface area contributed by atoms with Gasteiger partial charge in [-0.05, 0) is 36.5 Å². The number of carbonyl (C=O) groups is 1. The minimum absolute atomic E-state index is 0.139. The highest BCUT2D eigenvalue weighted by molar-refractivity contribution is 5.93. The van der Waals surface area contributed by atoms with Gasteiger partial charge in [0.1, 0.15) is 0 Å². The number of nitrogens with zero attached hydrogens (tertiary/aromatic N) is 1. The van der Waals surface area contributed by atoms with Gasteiger partial charge >= 0.3 is 0 Å². The van der Waals surface area contributed by atoms with Crippen LogP contribution in [0.25, 0.3) is 0 Å². The maximum Gasteiger partial charge on any atom is 0.267 e. The van der Waals surface area contributed by atoms with Crippen LogP contribution in [-0.2, 0) is 0 Å². The summed E-state index contributed by atoms with van der Waals surface area (Å²) < 4.78 is 0. The first kappa shape index (κ1) is 12.1. The molecule has 0 radical (unpaired) electrons. The summed E-state index contributed by atoms with van der Waals surface area (Å²) >= 11 is 0. The molecule has 3 heteroatoms. The molecular formula is C14H20N2O. The Morgan fingerprint density at radius 3 is 2.29 bits per heavy atom. The molecule has 2 rings (SSSR count). The van der Waals surface area contributed by atoms with Gasteiger partial charge in [-0.25, -0.2) is 5.84 Å². The predicted molar refractivity (Wildman–Crippen MR) is 68.5 cm³/mol. The van der Waals surface area contributed by atoms with Gasteiger partial charge in [0.05, 0.1) is 0 Å². The van der Waals surface area contributed by atoms with Crippen molar-refractivity contribution in [3.8, 4) is 0 Å². The van der Waals surface area contributed by atoms with E-state index in [0.717, 1.165) is 5.01 Å². The number of amides is 1. The molecule has 0 spiro atoms. The van der Waals surface area contributed by atoms with E-state index in [1.54, 1.807) is 7.05 Å². The maximum atomic E-state index is 11.6. The molecule has 1 amide bonds. The Morgan fingerprint density at radius 1 is 1.18 bits per heavy atom. The molecule has 1 aliphatic carbocycles. The second kappa shape index (κ2) is 5.32. The van der Waals surface area contributed by atoms with Gasteiger partial charge in [0.25, 0.3) is 5.91 Å². The largest absolute Gasteiger partial charge is 0.280 e. The van der Waals surface area contributed by atoms with Crippen molar-refractivity contribution in [2.75, 3.05) is 7.05 Å². The van der Waals surface area contributed by atoms with Crippen molar-refractivity contribution >= 4 is 5.91 Å². The molecule has 17 heavy (non-hydrogen) atoms. The first-order valence-corrected chi connectivity index (χ1v) is 6.31. The van der Waals surface area contributed by atoms with Gasteiger partial charge in [0.2, 0.25) is 0 Å². The van der Waals surface area contributed by atoms with Crippen LogP contribution in [-0.4, -0.2) is 18.0 Å². The summed E-state index contributed by atoms with van der Waals surface area (Å²) in [6, 6.07) is 7.92. The second-order valence-electron chi connectivity index (χ2n) is 4.87. The molecule has 1 saturated carbocycles. The smallest absolute Gasteiger partial charge is 0.267 e. The molecule has 3 nitrogen and oxygen atoms in total. The van der Waals surface area contributed by atoms with Crippen LogP contribution >= 0.6 is 0 Å². The minimum Gasteiger partial charge on any atom is -0.280 e. The fraction of sp³-hybridized carbons (Fsp3) is 0.500. The van der Waals surface area contributed by atoms with Gasteiger partial charge in [-0.3, -0.25) is 9.80 Å². The van der Waals surface area contributed by atoms with Crippen LogP contribution in [0, 0.1) is 0 Å². The second-order valence-corrected chi connectivity index (χ2v) is 4.87. The third-order valence-electron chi connectivity index (χ3n) is 3.55. The monoisotopic (exact) mass is 232 g/mol. The third kappa shape index (κ3) is 2.86. The topological polar surface area (TPSA) is 46.3 Å². The van der Waals surface area contributed by atoms with Crippen molar-refractivity contribution < 1.29 is 4.79 Å². The van der Waals surface area contributed by atoms with Crippen molar-refractivity contribution in [2.24, 2.45) is 5.84 Å². The zero-order valence-electron chi connectivity index (χ0n) is 10.4. The quantitative estimate of drug-likeness (QED) is 0.484. The molecule has 0 heterocycles. The van der Waals surface area contributed by atoms with Crippen molar-refractivity contribution in [3.63, 3.8) is 0 Å².